The quantitative estimate of drug-likeness (QED) is 0.788. The molecule has 5 nitrogen and oxygen atoms in total. The number of aliphatic hydroxyl groups excluding tert-OH is 2. The summed E-state index contributed by atoms with van der Waals surface area (Å²) in [6, 6.07) is 9.03. The summed E-state index contributed by atoms with van der Waals surface area (Å²) >= 11 is 0. The van der Waals surface area contributed by atoms with E-state index in [1.54, 1.807) is 6.07 Å². The normalized spacial score (nSPS) is 26.0. The Balaban J connectivity index is 1.70. The standard InChI is InChI=1S/C15H17NO4/c17-8-10-5-11(7-12(10)18)16-15(19)14-6-9-3-1-2-4-13(9)20-14/h1-4,6,10-12,17-18H,5,7-8H2,(H,16,19)/t10-,11-,12-/m0/s1. The fourth-order valence-electron chi connectivity index (χ4n) is 2.77. The summed E-state index contributed by atoms with van der Waals surface area (Å²) in [6.07, 6.45) is 0.502. The molecule has 1 aliphatic carbocycles. The van der Waals surface area contributed by atoms with Crippen LogP contribution in [0.2, 0.25) is 0 Å². The number of carbonyl (C=O) groups excluding carboxylic acids is 1. The van der Waals surface area contributed by atoms with Crippen molar-refractivity contribution in [1.29, 1.82) is 0 Å². The lowest BCUT2D eigenvalue weighted by atomic mass is 10.1. The summed E-state index contributed by atoms with van der Waals surface area (Å²) in [5.74, 6) is -0.166. The second-order valence-electron chi connectivity index (χ2n) is 5.30. The van der Waals surface area contributed by atoms with E-state index in [1.165, 1.54) is 0 Å². The van der Waals surface area contributed by atoms with Gasteiger partial charge in [0.1, 0.15) is 5.58 Å². The van der Waals surface area contributed by atoms with E-state index >= 15 is 0 Å². The van der Waals surface area contributed by atoms with Crippen molar-refractivity contribution in [3.8, 4) is 0 Å². The van der Waals surface area contributed by atoms with Crippen LogP contribution >= 0.6 is 0 Å². The molecule has 2 aromatic rings. The maximum Gasteiger partial charge on any atom is 0.287 e. The first-order valence-corrected chi connectivity index (χ1v) is 6.75. The molecular weight excluding hydrogens is 258 g/mol. The molecule has 0 bridgehead atoms. The van der Waals surface area contributed by atoms with Gasteiger partial charge in [-0.05, 0) is 25.0 Å². The molecule has 1 saturated carbocycles. The molecule has 5 heteroatoms. The van der Waals surface area contributed by atoms with Crippen LogP contribution in [-0.4, -0.2) is 34.9 Å². The van der Waals surface area contributed by atoms with Crippen molar-refractivity contribution < 1.29 is 19.4 Å². The average molecular weight is 275 g/mol. The molecule has 1 heterocycles. The molecule has 3 atom stereocenters. The van der Waals surface area contributed by atoms with E-state index in [9.17, 15) is 9.90 Å². The number of fused-ring (bicyclic) bond motifs is 1. The molecule has 20 heavy (non-hydrogen) atoms. The summed E-state index contributed by atoms with van der Waals surface area (Å²) in [7, 11) is 0. The number of amides is 1. The lowest BCUT2D eigenvalue weighted by molar-refractivity contribution is 0.0896. The van der Waals surface area contributed by atoms with Gasteiger partial charge in [0.25, 0.3) is 5.91 Å². The van der Waals surface area contributed by atoms with Crippen LogP contribution < -0.4 is 5.32 Å². The first kappa shape index (κ1) is 13.1. The lowest BCUT2D eigenvalue weighted by Gasteiger charge is -2.10. The summed E-state index contributed by atoms with van der Waals surface area (Å²) in [6.45, 7) is -0.0574. The van der Waals surface area contributed by atoms with Crippen molar-refractivity contribution in [2.24, 2.45) is 5.92 Å². The van der Waals surface area contributed by atoms with Crippen molar-refractivity contribution >= 4 is 16.9 Å². The Kier molecular flexibility index (Phi) is 3.46. The summed E-state index contributed by atoms with van der Waals surface area (Å²) in [4.78, 5) is 12.1. The summed E-state index contributed by atoms with van der Waals surface area (Å²) in [5.41, 5.74) is 0.678. The Morgan fingerprint density at radius 1 is 1.35 bits per heavy atom. The molecule has 3 rings (SSSR count). The van der Waals surface area contributed by atoms with Crippen LogP contribution in [0.1, 0.15) is 23.4 Å². The van der Waals surface area contributed by atoms with Gasteiger partial charge in [-0.3, -0.25) is 4.79 Å². The van der Waals surface area contributed by atoms with E-state index in [0.29, 0.717) is 18.4 Å². The number of benzene rings is 1. The molecule has 1 aliphatic rings. The lowest BCUT2D eigenvalue weighted by Crippen LogP contribution is -2.33. The summed E-state index contributed by atoms with van der Waals surface area (Å²) in [5, 5.41) is 22.6. The van der Waals surface area contributed by atoms with Crippen LogP contribution in [0, 0.1) is 5.92 Å². The van der Waals surface area contributed by atoms with Crippen LogP contribution in [0.3, 0.4) is 0 Å². The molecule has 1 amide bonds. The van der Waals surface area contributed by atoms with Gasteiger partial charge in [-0.1, -0.05) is 18.2 Å². The molecule has 0 radical (unpaired) electrons. The molecule has 1 aromatic carbocycles. The zero-order valence-electron chi connectivity index (χ0n) is 11.0. The second-order valence-corrected chi connectivity index (χ2v) is 5.30. The van der Waals surface area contributed by atoms with Gasteiger partial charge in [0.05, 0.1) is 6.10 Å². The van der Waals surface area contributed by atoms with Gasteiger partial charge in [-0.15, -0.1) is 0 Å². The molecule has 1 fully saturated rings. The van der Waals surface area contributed by atoms with Gasteiger partial charge >= 0.3 is 0 Å². The van der Waals surface area contributed by atoms with Gasteiger partial charge < -0.3 is 19.9 Å². The van der Waals surface area contributed by atoms with E-state index < -0.39 is 6.10 Å². The molecule has 3 N–H and O–H groups in total. The van der Waals surface area contributed by atoms with E-state index in [-0.39, 0.29) is 30.2 Å². The third kappa shape index (κ3) is 2.42. The third-order valence-electron chi connectivity index (χ3n) is 3.88. The zero-order valence-corrected chi connectivity index (χ0v) is 11.0. The third-order valence-corrected chi connectivity index (χ3v) is 3.88. The summed E-state index contributed by atoms with van der Waals surface area (Å²) < 4.78 is 5.50. The van der Waals surface area contributed by atoms with Crippen LogP contribution in [0.4, 0.5) is 0 Å². The number of carbonyl (C=O) groups is 1. The fourth-order valence-corrected chi connectivity index (χ4v) is 2.77. The maximum absolute atomic E-state index is 12.1. The predicted molar refractivity (Wildman–Crippen MR) is 73.3 cm³/mol. The Bertz CT molecular complexity index is 588. The first-order chi connectivity index (χ1) is 9.67. The molecule has 1 aromatic heterocycles. The SMILES string of the molecule is O=C(N[C@H]1C[C@@H](CO)[C@@H](O)C1)c1cc2ccccc2o1. The van der Waals surface area contributed by atoms with Gasteiger partial charge in [-0.25, -0.2) is 0 Å². The van der Waals surface area contributed by atoms with Crippen LogP contribution in [-0.2, 0) is 0 Å². The van der Waals surface area contributed by atoms with Crippen molar-refractivity contribution in [1.82, 2.24) is 5.32 Å². The van der Waals surface area contributed by atoms with Crippen molar-refractivity contribution in [3.05, 3.63) is 36.1 Å². The minimum absolute atomic E-state index is 0.0574. The van der Waals surface area contributed by atoms with E-state index in [0.717, 1.165) is 5.39 Å². The number of nitrogens with one attached hydrogen (secondary N) is 1. The van der Waals surface area contributed by atoms with Gasteiger partial charge in [-0.2, -0.15) is 0 Å². The van der Waals surface area contributed by atoms with Gasteiger partial charge in [0.2, 0.25) is 0 Å². The smallest absolute Gasteiger partial charge is 0.287 e. The number of furan rings is 1. The topological polar surface area (TPSA) is 82.7 Å². The number of hydrogen-bond acceptors (Lipinski definition) is 4. The Morgan fingerprint density at radius 2 is 2.15 bits per heavy atom. The van der Waals surface area contributed by atoms with E-state index in [2.05, 4.69) is 5.32 Å². The highest BCUT2D eigenvalue weighted by Crippen LogP contribution is 2.26. The largest absolute Gasteiger partial charge is 0.451 e. The highest BCUT2D eigenvalue weighted by atomic mass is 16.3. The highest BCUT2D eigenvalue weighted by molar-refractivity contribution is 5.96. The first-order valence-electron chi connectivity index (χ1n) is 6.75. The molecule has 0 saturated heterocycles. The average Bonchev–Trinajstić information content (AvgIpc) is 3.01. The predicted octanol–water partition coefficient (Wildman–Crippen LogP) is 1.29. The number of rotatable bonds is 3. The minimum atomic E-state index is -0.555. The van der Waals surface area contributed by atoms with Gasteiger partial charge in [0.15, 0.2) is 5.76 Å². The number of para-hydroxylation sites is 1. The fraction of sp³-hybridized carbons (Fsp3) is 0.400. The molecule has 106 valence electrons. The van der Waals surface area contributed by atoms with Crippen LogP contribution in [0.5, 0.6) is 0 Å². The Hall–Kier alpha value is -1.85. The van der Waals surface area contributed by atoms with Crippen molar-refractivity contribution in [2.45, 2.75) is 25.0 Å². The zero-order chi connectivity index (χ0) is 14.1. The molecule has 0 aliphatic heterocycles. The second kappa shape index (κ2) is 5.26. The molecular formula is C15H17NO4. The van der Waals surface area contributed by atoms with Crippen LogP contribution in [0.25, 0.3) is 11.0 Å². The van der Waals surface area contributed by atoms with Crippen LogP contribution in [0.15, 0.2) is 34.7 Å². The Labute approximate surface area is 116 Å². The number of hydrogen-bond donors (Lipinski definition) is 3. The van der Waals surface area contributed by atoms with Crippen molar-refractivity contribution in [2.75, 3.05) is 6.61 Å². The Morgan fingerprint density at radius 3 is 2.85 bits per heavy atom. The highest BCUT2D eigenvalue weighted by Gasteiger charge is 2.33. The monoisotopic (exact) mass is 275 g/mol. The van der Waals surface area contributed by atoms with E-state index in [1.807, 2.05) is 24.3 Å². The maximum atomic E-state index is 12.1. The van der Waals surface area contributed by atoms with Gasteiger partial charge in [0, 0.05) is 24.0 Å². The van der Waals surface area contributed by atoms with Crippen molar-refractivity contribution in [3.63, 3.8) is 0 Å². The number of aliphatic hydroxyl groups is 2. The molecule has 0 spiro atoms. The van der Waals surface area contributed by atoms with E-state index in [4.69, 9.17) is 9.52 Å². The molecule has 0 unspecified atom stereocenters. The minimum Gasteiger partial charge on any atom is -0.451 e.